The minimum atomic E-state index is -0.498. The molecule has 0 atom stereocenters. The van der Waals surface area contributed by atoms with E-state index in [4.69, 9.17) is 11.6 Å². The molecular weight excluding hydrogens is 276 g/mol. The average molecular weight is 297 g/mol. The lowest BCUT2D eigenvalue weighted by Gasteiger charge is -2.21. The molecule has 2 amide bonds. The third kappa shape index (κ3) is 4.85. The Morgan fingerprint density at radius 3 is 2.40 bits per heavy atom. The largest absolute Gasteiger partial charge is 0.347 e. The summed E-state index contributed by atoms with van der Waals surface area (Å²) in [5, 5.41) is 3.27. The zero-order valence-electron chi connectivity index (χ0n) is 12.4. The van der Waals surface area contributed by atoms with Gasteiger partial charge in [-0.25, -0.2) is 0 Å². The number of carbonyl (C=O) groups excluding carboxylic acids is 2. The van der Waals surface area contributed by atoms with Crippen LogP contribution in [0.1, 0.15) is 26.3 Å². The van der Waals surface area contributed by atoms with Gasteiger partial charge in [0.1, 0.15) is 0 Å². The molecule has 4 nitrogen and oxygen atoms in total. The molecule has 5 heteroatoms. The van der Waals surface area contributed by atoms with E-state index in [9.17, 15) is 9.59 Å². The molecule has 0 bridgehead atoms. The number of hydrogen-bond donors (Lipinski definition) is 1. The summed E-state index contributed by atoms with van der Waals surface area (Å²) in [6, 6.07) is 7.38. The molecule has 110 valence electrons. The smallest absolute Gasteiger partial charge is 0.242 e. The first-order valence-electron chi connectivity index (χ1n) is 6.47. The maximum Gasteiger partial charge on any atom is 0.242 e. The lowest BCUT2D eigenvalue weighted by Crippen LogP contribution is -2.42. The van der Waals surface area contributed by atoms with Crippen LogP contribution in [0.3, 0.4) is 0 Å². The van der Waals surface area contributed by atoms with Crippen molar-refractivity contribution in [1.29, 1.82) is 0 Å². The van der Waals surface area contributed by atoms with E-state index in [-0.39, 0.29) is 18.4 Å². The monoisotopic (exact) mass is 296 g/mol. The minimum Gasteiger partial charge on any atom is -0.347 e. The molecule has 0 aliphatic rings. The number of carbonyl (C=O) groups is 2. The Hall–Kier alpha value is -1.55. The lowest BCUT2D eigenvalue weighted by atomic mass is 9.96. The summed E-state index contributed by atoms with van der Waals surface area (Å²) in [7, 11) is 1.69. The summed E-state index contributed by atoms with van der Waals surface area (Å²) in [5.74, 6) is -0.292. The molecule has 0 unspecified atom stereocenters. The van der Waals surface area contributed by atoms with Gasteiger partial charge in [0, 0.05) is 24.0 Å². The highest BCUT2D eigenvalue weighted by Gasteiger charge is 2.22. The highest BCUT2D eigenvalue weighted by Crippen LogP contribution is 2.16. The highest BCUT2D eigenvalue weighted by molar-refractivity contribution is 6.31. The summed E-state index contributed by atoms with van der Waals surface area (Å²) in [4.78, 5) is 25.2. The van der Waals surface area contributed by atoms with E-state index in [1.54, 1.807) is 38.8 Å². The number of benzene rings is 1. The van der Waals surface area contributed by atoms with Crippen molar-refractivity contribution in [2.45, 2.75) is 27.3 Å². The Balaban J connectivity index is 2.52. The lowest BCUT2D eigenvalue weighted by molar-refractivity contribution is -0.134. The molecular formula is C15H21ClN2O2. The number of rotatable bonds is 4. The molecule has 0 spiro atoms. The molecule has 1 aromatic rings. The van der Waals surface area contributed by atoms with Crippen LogP contribution in [0.2, 0.25) is 5.02 Å². The van der Waals surface area contributed by atoms with Crippen LogP contribution in [-0.4, -0.2) is 30.3 Å². The van der Waals surface area contributed by atoms with E-state index in [0.717, 1.165) is 5.56 Å². The van der Waals surface area contributed by atoms with Crippen LogP contribution in [0, 0.1) is 5.41 Å². The van der Waals surface area contributed by atoms with Crippen LogP contribution < -0.4 is 5.32 Å². The molecule has 1 rings (SSSR count). The van der Waals surface area contributed by atoms with Gasteiger partial charge in [-0.1, -0.05) is 50.6 Å². The minimum absolute atomic E-state index is 0.00292. The third-order valence-corrected chi connectivity index (χ3v) is 3.24. The van der Waals surface area contributed by atoms with Gasteiger partial charge in [0.2, 0.25) is 11.8 Å². The molecule has 0 saturated heterocycles. The first-order valence-corrected chi connectivity index (χ1v) is 6.85. The molecule has 0 fully saturated rings. The Labute approximate surface area is 125 Å². The molecule has 0 aliphatic heterocycles. The molecule has 0 aromatic heterocycles. The van der Waals surface area contributed by atoms with E-state index in [1.165, 1.54) is 0 Å². The van der Waals surface area contributed by atoms with Gasteiger partial charge in [-0.3, -0.25) is 9.59 Å². The average Bonchev–Trinajstić information content (AvgIpc) is 2.36. The molecule has 1 N–H and O–H groups in total. The zero-order chi connectivity index (χ0) is 15.3. The third-order valence-electron chi connectivity index (χ3n) is 2.87. The van der Waals surface area contributed by atoms with Gasteiger partial charge in [0.05, 0.1) is 6.54 Å². The summed E-state index contributed by atoms with van der Waals surface area (Å²) in [6.07, 6.45) is 0. The Kier molecular flexibility index (Phi) is 5.57. The number of hydrogen-bond acceptors (Lipinski definition) is 2. The Morgan fingerprint density at radius 1 is 1.25 bits per heavy atom. The van der Waals surface area contributed by atoms with Crippen molar-refractivity contribution >= 4 is 23.4 Å². The fraction of sp³-hybridized carbons (Fsp3) is 0.467. The van der Waals surface area contributed by atoms with Crippen LogP contribution in [0.15, 0.2) is 24.3 Å². The van der Waals surface area contributed by atoms with Crippen LogP contribution in [0.25, 0.3) is 0 Å². The second kappa shape index (κ2) is 6.75. The molecule has 20 heavy (non-hydrogen) atoms. The first kappa shape index (κ1) is 16.5. The van der Waals surface area contributed by atoms with Gasteiger partial charge in [0.25, 0.3) is 0 Å². The van der Waals surface area contributed by atoms with Crippen LogP contribution >= 0.6 is 11.6 Å². The number of halogens is 1. The number of nitrogens with zero attached hydrogens (tertiary/aromatic N) is 1. The number of amides is 2. The van der Waals surface area contributed by atoms with Crippen molar-refractivity contribution in [3.05, 3.63) is 34.9 Å². The molecule has 1 aromatic carbocycles. The van der Waals surface area contributed by atoms with Crippen LogP contribution in [-0.2, 0) is 16.1 Å². The van der Waals surface area contributed by atoms with Crippen LogP contribution in [0.4, 0.5) is 0 Å². The van der Waals surface area contributed by atoms with Gasteiger partial charge in [0.15, 0.2) is 0 Å². The molecule has 0 saturated carbocycles. The van der Waals surface area contributed by atoms with Crippen molar-refractivity contribution in [2.75, 3.05) is 13.6 Å². The summed E-state index contributed by atoms with van der Waals surface area (Å²) in [6.45, 7) is 5.84. The second-order valence-corrected chi connectivity index (χ2v) is 6.18. The normalized spacial score (nSPS) is 11.1. The second-order valence-electron chi connectivity index (χ2n) is 5.77. The predicted octanol–water partition coefficient (Wildman–Crippen LogP) is 2.46. The van der Waals surface area contributed by atoms with E-state index in [2.05, 4.69) is 5.32 Å². The highest BCUT2D eigenvalue weighted by atomic mass is 35.5. The van der Waals surface area contributed by atoms with Crippen molar-refractivity contribution in [3.8, 4) is 0 Å². The SMILES string of the molecule is CN(Cc1ccccc1Cl)C(=O)CNC(=O)C(C)(C)C. The van der Waals surface area contributed by atoms with Crippen LogP contribution in [0.5, 0.6) is 0 Å². The first-order chi connectivity index (χ1) is 9.21. The molecule has 0 radical (unpaired) electrons. The number of likely N-dealkylation sites (N-methyl/N-ethyl adjacent to an activating group) is 1. The number of nitrogens with one attached hydrogen (secondary N) is 1. The van der Waals surface area contributed by atoms with Crippen molar-refractivity contribution in [3.63, 3.8) is 0 Å². The van der Waals surface area contributed by atoms with Gasteiger partial charge < -0.3 is 10.2 Å². The van der Waals surface area contributed by atoms with Gasteiger partial charge >= 0.3 is 0 Å². The predicted molar refractivity (Wildman–Crippen MR) is 80.4 cm³/mol. The quantitative estimate of drug-likeness (QED) is 0.928. The summed E-state index contributed by atoms with van der Waals surface area (Å²) < 4.78 is 0. The zero-order valence-corrected chi connectivity index (χ0v) is 13.1. The van der Waals surface area contributed by atoms with Crippen molar-refractivity contribution in [2.24, 2.45) is 5.41 Å². The Bertz CT molecular complexity index is 495. The maximum atomic E-state index is 12.0. The molecule has 0 heterocycles. The standard InChI is InChI=1S/C15H21ClN2O2/c1-15(2,3)14(20)17-9-13(19)18(4)10-11-7-5-6-8-12(11)16/h5-8H,9-10H2,1-4H3,(H,17,20). The van der Waals surface area contributed by atoms with E-state index >= 15 is 0 Å². The van der Waals surface area contributed by atoms with Crippen molar-refractivity contribution in [1.82, 2.24) is 10.2 Å². The topological polar surface area (TPSA) is 49.4 Å². The van der Waals surface area contributed by atoms with E-state index in [0.29, 0.717) is 11.6 Å². The summed E-state index contributed by atoms with van der Waals surface area (Å²) in [5.41, 5.74) is 0.383. The van der Waals surface area contributed by atoms with Gasteiger partial charge in [-0.15, -0.1) is 0 Å². The fourth-order valence-corrected chi connectivity index (χ4v) is 1.72. The van der Waals surface area contributed by atoms with Crippen molar-refractivity contribution < 1.29 is 9.59 Å². The summed E-state index contributed by atoms with van der Waals surface area (Å²) >= 11 is 6.05. The van der Waals surface area contributed by atoms with E-state index < -0.39 is 5.41 Å². The van der Waals surface area contributed by atoms with Gasteiger partial charge in [-0.2, -0.15) is 0 Å². The molecule has 0 aliphatic carbocycles. The Morgan fingerprint density at radius 2 is 1.85 bits per heavy atom. The fourth-order valence-electron chi connectivity index (χ4n) is 1.53. The van der Waals surface area contributed by atoms with E-state index in [1.807, 2.05) is 18.2 Å². The van der Waals surface area contributed by atoms with Gasteiger partial charge in [-0.05, 0) is 11.6 Å². The maximum absolute atomic E-state index is 12.0.